The van der Waals surface area contributed by atoms with Gasteiger partial charge in [-0.05, 0) is 48.9 Å². The quantitative estimate of drug-likeness (QED) is 0.691. The van der Waals surface area contributed by atoms with Crippen LogP contribution in [0.5, 0.6) is 5.75 Å². The highest BCUT2D eigenvalue weighted by molar-refractivity contribution is 9.10. The van der Waals surface area contributed by atoms with Gasteiger partial charge in [-0.3, -0.25) is 0 Å². The maximum Gasteiger partial charge on any atom is 0.119 e. The van der Waals surface area contributed by atoms with Crippen molar-refractivity contribution >= 4 is 27.5 Å². The number of alkyl halides is 1. The van der Waals surface area contributed by atoms with Gasteiger partial charge in [-0.25, -0.2) is 0 Å². The topological polar surface area (TPSA) is 9.23 Å². The largest absolute Gasteiger partial charge is 0.497 e. The van der Waals surface area contributed by atoms with Gasteiger partial charge in [0.15, 0.2) is 0 Å². The second-order valence-electron chi connectivity index (χ2n) is 5.28. The van der Waals surface area contributed by atoms with Crippen LogP contribution < -0.4 is 4.74 Å². The van der Waals surface area contributed by atoms with Crippen LogP contribution in [0.15, 0.2) is 22.7 Å². The Morgan fingerprint density at radius 1 is 1.41 bits per heavy atom. The summed E-state index contributed by atoms with van der Waals surface area (Å²) in [5, 5.41) is 0.203. The average molecular weight is 320 g/mol. The summed E-state index contributed by atoms with van der Waals surface area (Å²) in [6.07, 6.45) is 1.99. The second kappa shape index (κ2) is 6.10. The van der Waals surface area contributed by atoms with E-state index >= 15 is 0 Å². The van der Waals surface area contributed by atoms with E-state index in [1.807, 2.05) is 19.1 Å². The first-order valence-electron chi connectivity index (χ1n) is 5.80. The molecule has 3 heteroatoms. The number of methoxy groups -OCH3 is 1. The molecule has 0 fully saturated rings. The zero-order valence-electron chi connectivity index (χ0n) is 10.9. The number of ether oxygens (including phenoxy) is 1. The SMILES string of the molecule is COc1ccc(Br)c(CC(C)(C)CC(C)Cl)c1. The number of rotatable bonds is 5. The summed E-state index contributed by atoms with van der Waals surface area (Å²) in [4.78, 5) is 0. The van der Waals surface area contributed by atoms with Crippen molar-refractivity contribution in [3.63, 3.8) is 0 Å². The maximum atomic E-state index is 6.09. The molecule has 0 aliphatic heterocycles. The van der Waals surface area contributed by atoms with Crippen LogP contribution in [0.1, 0.15) is 32.8 Å². The fraction of sp³-hybridized carbons (Fsp3) is 0.571. The first-order valence-corrected chi connectivity index (χ1v) is 7.03. The number of benzene rings is 1. The Morgan fingerprint density at radius 3 is 2.59 bits per heavy atom. The molecule has 0 radical (unpaired) electrons. The van der Waals surface area contributed by atoms with Gasteiger partial charge in [0.25, 0.3) is 0 Å². The van der Waals surface area contributed by atoms with Crippen molar-refractivity contribution < 1.29 is 4.74 Å². The van der Waals surface area contributed by atoms with Gasteiger partial charge in [0.1, 0.15) is 5.75 Å². The molecule has 1 nitrogen and oxygen atoms in total. The Morgan fingerprint density at radius 2 is 2.06 bits per heavy atom. The Balaban J connectivity index is 2.86. The van der Waals surface area contributed by atoms with E-state index in [0.29, 0.717) is 0 Å². The van der Waals surface area contributed by atoms with Gasteiger partial charge in [-0.1, -0.05) is 29.8 Å². The molecule has 0 heterocycles. The molecule has 0 saturated heterocycles. The van der Waals surface area contributed by atoms with Crippen molar-refractivity contribution in [2.24, 2.45) is 5.41 Å². The Bertz CT molecular complexity index is 374. The van der Waals surface area contributed by atoms with Crippen LogP contribution in [0, 0.1) is 5.41 Å². The van der Waals surface area contributed by atoms with E-state index in [2.05, 4.69) is 35.8 Å². The number of hydrogen-bond donors (Lipinski definition) is 0. The van der Waals surface area contributed by atoms with Crippen molar-refractivity contribution in [2.45, 2.75) is 39.0 Å². The van der Waals surface area contributed by atoms with E-state index in [4.69, 9.17) is 16.3 Å². The van der Waals surface area contributed by atoms with E-state index in [1.54, 1.807) is 7.11 Å². The van der Waals surface area contributed by atoms with E-state index < -0.39 is 0 Å². The Labute approximate surface area is 118 Å². The van der Waals surface area contributed by atoms with Crippen molar-refractivity contribution in [1.29, 1.82) is 0 Å². The lowest BCUT2D eigenvalue weighted by Gasteiger charge is -2.26. The van der Waals surface area contributed by atoms with Gasteiger partial charge in [0, 0.05) is 9.85 Å². The Kier molecular flexibility index (Phi) is 5.33. The predicted molar refractivity (Wildman–Crippen MR) is 78.1 cm³/mol. The first-order chi connectivity index (χ1) is 7.84. The molecule has 0 aliphatic rings. The van der Waals surface area contributed by atoms with Gasteiger partial charge >= 0.3 is 0 Å². The van der Waals surface area contributed by atoms with Crippen LogP contribution >= 0.6 is 27.5 Å². The van der Waals surface area contributed by atoms with Crippen LogP contribution in [0.3, 0.4) is 0 Å². The summed E-state index contributed by atoms with van der Waals surface area (Å²) in [6, 6.07) is 6.09. The van der Waals surface area contributed by atoms with Crippen molar-refractivity contribution in [3.8, 4) is 5.75 Å². The van der Waals surface area contributed by atoms with E-state index in [0.717, 1.165) is 23.1 Å². The van der Waals surface area contributed by atoms with Crippen LogP contribution in [-0.2, 0) is 6.42 Å². The van der Waals surface area contributed by atoms with E-state index in [-0.39, 0.29) is 10.8 Å². The van der Waals surface area contributed by atoms with Gasteiger partial charge in [-0.2, -0.15) is 0 Å². The van der Waals surface area contributed by atoms with Gasteiger partial charge in [-0.15, -0.1) is 11.6 Å². The zero-order chi connectivity index (χ0) is 13.1. The third kappa shape index (κ3) is 4.89. The summed E-state index contributed by atoms with van der Waals surface area (Å²) in [5.74, 6) is 0.901. The highest BCUT2D eigenvalue weighted by Gasteiger charge is 2.22. The van der Waals surface area contributed by atoms with Crippen LogP contribution in [-0.4, -0.2) is 12.5 Å². The summed E-state index contributed by atoms with van der Waals surface area (Å²) >= 11 is 9.68. The first kappa shape index (κ1) is 14.8. The minimum atomic E-state index is 0.191. The summed E-state index contributed by atoms with van der Waals surface area (Å²) < 4.78 is 6.39. The molecule has 0 aromatic heterocycles. The minimum Gasteiger partial charge on any atom is -0.497 e. The predicted octanol–water partition coefficient (Wildman–Crippen LogP) is 5.04. The molecule has 1 aromatic rings. The standard InChI is InChI=1S/C14H20BrClO/c1-10(16)8-14(2,3)9-11-7-12(17-4)5-6-13(11)15/h5-7,10H,8-9H2,1-4H3. The summed E-state index contributed by atoms with van der Waals surface area (Å²) in [7, 11) is 1.69. The molecular weight excluding hydrogens is 300 g/mol. The van der Waals surface area contributed by atoms with Gasteiger partial charge in [0.05, 0.1) is 7.11 Å². The van der Waals surface area contributed by atoms with Crippen LogP contribution in [0.25, 0.3) is 0 Å². The highest BCUT2D eigenvalue weighted by Crippen LogP contribution is 2.33. The van der Waals surface area contributed by atoms with Crippen molar-refractivity contribution in [1.82, 2.24) is 0 Å². The van der Waals surface area contributed by atoms with E-state index in [1.165, 1.54) is 5.56 Å². The van der Waals surface area contributed by atoms with Crippen molar-refractivity contribution in [3.05, 3.63) is 28.2 Å². The molecule has 1 unspecified atom stereocenters. The molecule has 0 bridgehead atoms. The molecule has 96 valence electrons. The number of halogens is 2. The molecule has 0 spiro atoms. The van der Waals surface area contributed by atoms with Gasteiger partial charge < -0.3 is 4.74 Å². The lowest BCUT2D eigenvalue weighted by Crippen LogP contribution is -2.19. The molecule has 0 amide bonds. The molecule has 0 saturated carbocycles. The average Bonchev–Trinajstić information content (AvgIpc) is 2.19. The summed E-state index contributed by atoms with van der Waals surface area (Å²) in [6.45, 7) is 6.54. The lowest BCUT2D eigenvalue weighted by atomic mass is 9.81. The molecule has 17 heavy (non-hydrogen) atoms. The van der Waals surface area contributed by atoms with E-state index in [9.17, 15) is 0 Å². The fourth-order valence-electron chi connectivity index (χ4n) is 2.16. The third-order valence-electron chi connectivity index (χ3n) is 2.76. The molecule has 1 rings (SSSR count). The zero-order valence-corrected chi connectivity index (χ0v) is 13.2. The monoisotopic (exact) mass is 318 g/mol. The molecule has 0 N–H and O–H groups in total. The minimum absolute atomic E-state index is 0.191. The number of hydrogen-bond acceptors (Lipinski definition) is 1. The molecule has 1 atom stereocenters. The molecular formula is C14H20BrClO. The molecule has 1 aromatic carbocycles. The Hall–Kier alpha value is -0.210. The van der Waals surface area contributed by atoms with Crippen LogP contribution in [0.4, 0.5) is 0 Å². The van der Waals surface area contributed by atoms with Crippen LogP contribution in [0.2, 0.25) is 0 Å². The molecule has 0 aliphatic carbocycles. The lowest BCUT2D eigenvalue weighted by molar-refractivity contribution is 0.330. The fourth-order valence-corrected chi connectivity index (χ4v) is 2.97. The third-order valence-corrected chi connectivity index (χ3v) is 3.68. The maximum absolute atomic E-state index is 6.09. The normalized spacial score (nSPS) is 13.5. The second-order valence-corrected chi connectivity index (χ2v) is 6.88. The smallest absolute Gasteiger partial charge is 0.119 e. The van der Waals surface area contributed by atoms with Crippen molar-refractivity contribution in [2.75, 3.05) is 7.11 Å². The summed E-state index contributed by atoms with van der Waals surface area (Å²) in [5.41, 5.74) is 1.46. The van der Waals surface area contributed by atoms with Gasteiger partial charge in [0.2, 0.25) is 0 Å². The highest BCUT2D eigenvalue weighted by atomic mass is 79.9.